The Bertz CT molecular complexity index is 215. The Labute approximate surface area is 102 Å². The fraction of sp³-hybridized carbons (Fsp3) is 0.714. The van der Waals surface area contributed by atoms with Crippen LogP contribution in [0.3, 0.4) is 0 Å². The smallest absolute Gasteiger partial charge is 0.130 e. The molecule has 1 aliphatic rings. The molecule has 0 aliphatic carbocycles. The average Bonchev–Trinajstić information content (AvgIpc) is 2.63. The molecule has 0 spiro atoms. The first-order valence-electron chi connectivity index (χ1n) is 6.59. The Morgan fingerprint density at radius 3 is 2.44 bits per heavy atom. The van der Waals surface area contributed by atoms with Crippen LogP contribution in [0, 0.1) is 5.92 Å². The molecule has 16 heavy (non-hydrogen) atoms. The maximum Gasteiger partial charge on any atom is 0.130 e. The highest BCUT2D eigenvalue weighted by atomic mass is 14.9. The number of amidine groups is 1. The van der Waals surface area contributed by atoms with Crippen LogP contribution in [0.5, 0.6) is 0 Å². The molecule has 0 bridgehead atoms. The molecule has 1 heterocycles. The SMILES string of the molecule is CC.CC.CCCC(C)C1=NC=CCC=N1. The number of allylic oxidation sites excluding steroid dienone is 1. The van der Waals surface area contributed by atoms with Gasteiger partial charge in [0.2, 0.25) is 0 Å². The van der Waals surface area contributed by atoms with Gasteiger partial charge in [-0.05, 0) is 6.42 Å². The lowest BCUT2D eigenvalue weighted by molar-refractivity contribution is 0.662. The van der Waals surface area contributed by atoms with Crippen LogP contribution in [0.4, 0.5) is 0 Å². The fourth-order valence-corrected chi connectivity index (χ4v) is 1.25. The summed E-state index contributed by atoms with van der Waals surface area (Å²) in [6, 6.07) is 0. The minimum absolute atomic E-state index is 0.494. The molecule has 94 valence electrons. The molecular weight excluding hydrogens is 196 g/mol. The summed E-state index contributed by atoms with van der Waals surface area (Å²) in [4.78, 5) is 8.58. The van der Waals surface area contributed by atoms with E-state index in [0.29, 0.717) is 5.92 Å². The quantitative estimate of drug-likeness (QED) is 0.654. The summed E-state index contributed by atoms with van der Waals surface area (Å²) in [6.07, 6.45) is 9.08. The molecule has 1 unspecified atom stereocenters. The predicted octanol–water partition coefficient (Wildman–Crippen LogP) is 4.86. The largest absolute Gasteiger partial charge is 0.245 e. The Morgan fingerprint density at radius 2 is 1.88 bits per heavy atom. The number of hydrogen-bond acceptors (Lipinski definition) is 2. The summed E-state index contributed by atoms with van der Waals surface area (Å²) in [5.74, 6) is 1.47. The van der Waals surface area contributed by atoms with Crippen molar-refractivity contribution in [2.45, 2.75) is 60.8 Å². The molecule has 1 atom stereocenters. The first kappa shape index (κ1) is 17.5. The van der Waals surface area contributed by atoms with Gasteiger partial charge in [-0.25, -0.2) is 9.98 Å². The molecular formula is C14H28N2. The highest BCUT2D eigenvalue weighted by molar-refractivity contribution is 5.92. The number of rotatable bonds is 3. The molecule has 0 saturated carbocycles. The van der Waals surface area contributed by atoms with Crippen molar-refractivity contribution in [3.63, 3.8) is 0 Å². The maximum atomic E-state index is 4.30. The third-order valence-electron chi connectivity index (χ3n) is 1.94. The van der Waals surface area contributed by atoms with Crippen LogP contribution < -0.4 is 0 Å². The third-order valence-corrected chi connectivity index (χ3v) is 1.94. The minimum Gasteiger partial charge on any atom is -0.245 e. The van der Waals surface area contributed by atoms with Crippen molar-refractivity contribution in [1.29, 1.82) is 0 Å². The van der Waals surface area contributed by atoms with Crippen molar-refractivity contribution >= 4 is 12.1 Å². The normalized spacial score (nSPS) is 14.8. The molecule has 0 aromatic carbocycles. The fourth-order valence-electron chi connectivity index (χ4n) is 1.25. The highest BCUT2D eigenvalue weighted by Crippen LogP contribution is 2.10. The molecule has 0 amide bonds. The molecule has 1 rings (SSSR count). The Morgan fingerprint density at radius 1 is 1.25 bits per heavy atom. The second kappa shape index (κ2) is 14.1. The summed E-state index contributed by atoms with van der Waals surface area (Å²) in [5.41, 5.74) is 0. The molecule has 0 N–H and O–H groups in total. The van der Waals surface area contributed by atoms with Gasteiger partial charge in [0.1, 0.15) is 5.84 Å². The molecule has 0 saturated heterocycles. The van der Waals surface area contributed by atoms with Gasteiger partial charge in [-0.2, -0.15) is 0 Å². The topological polar surface area (TPSA) is 24.7 Å². The number of nitrogens with zero attached hydrogens (tertiary/aromatic N) is 2. The Hall–Kier alpha value is -0.920. The second-order valence-corrected chi connectivity index (χ2v) is 3.11. The lowest BCUT2D eigenvalue weighted by atomic mass is 10.1. The van der Waals surface area contributed by atoms with Gasteiger partial charge in [0.05, 0.1) is 0 Å². The highest BCUT2D eigenvalue weighted by Gasteiger charge is 2.07. The van der Waals surface area contributed by atoms with Crippen LogP contribution in [-0.2, 0) is 0 Å². The molecule has 0 radical (unpaired) electrons. The summed E-state index contributed by atoms with van der Waals surface area (Å²) >= 11 is 0. The van der Waals surface area contributed by atoms with Gasteiger partial charge in [0.25, 0.3) is 0 Å². The van der Waals surface area contributed by atoms with Gasteiger partial charge < -0.3 is 0 Å². The van der Waals surface area contributed by atoms with Crippen molar-refractivity contribution < 1.29 is 0 Å². The minimum atomic E-state index is 0.494. The van der Waals surface area contributed by atoms with Crippen molar-refractivity contribution in [2.75, 3.05) is 0 Å². The van der Waals surface area contributed by atoms with Gasteiger partial charge in [-0.1, -0.05) is 54.0 Å². The monoisotopic (exact) mass is 224 g/mol. The van der Waals surface area contributed by atoms with Crippen LogP contribution in [0.15, 0.2) is 22.3 Å². The van der Waals surface area contributed by atoms with E-state index in [9.17, 15) is 0 Å². The van der Waals surface area contributed by atoms with Crippen LogP contribution in [0.1, 0.15) is 60.8 Å². The summed E-state index contributed by atoms with van der Waals surface area (Å²) in [6.45, 7) is 12.4. The molecule has 0 aromatic heterocycles. The summed E-state index contributed by atoms with van der Waals surface area (Å²) in [5, 5.41) is 0. The van der Waals surface area contributed by atoms with E-state index in [0.717, 1.165) is 12.3 Å². The predicted molar refractivity (Wildman–Crippen MR) is 76.5 cm³/mol. The zero-order valence-electron chi connectivity index (χ0n) is 11.8. The van der Waals surface area contributed by atoms with Gasteiger partial charge in [-0.3, -0.25) is 0 Å². The zero-order valence-corrected chi connectivity index (χ0v) is 11.8. The van der Waals surface area contributed by atoms with Crippen LogP contribution >= 0.6 is 0 Å². The Balaban J connectivity index is 0. The molecule has 2 nitrogen and oxygen atoms in total. The molecule has 1 aliphatic heterocycles. The van der Waals surface area contributed by atoms with E-state index in [1.165, 1.54) is 12.8 Å². The third kappa shape index (κ3) is 8.39. The average molecular weight is 224 g/mol. The molecule has 0 aromatic rings. The summed E-state index contributed by atoms with van der Waals surface area (Å²) in [7, 11) is 0. The number of aliphatic imine (C=N–C) groups is 2. The van der Waals surface area contributed by atoms with Crippen molar-refractivity contribution in [3.8, 4) is 0 Å². The van der Waals surface area contributed by atoms with Gasteiger partial charge >= 0.3 is 0 Å². The second-order valence-electron chi connectivity index (χ2n) is 3.11. The van der Waals surface area contributed by atoms with Crippen molar-refractivity contribution in [1.82, 2.24) is 0 Å². The van der Waals surface area contributed by atoms with Crippen molar-refractivity contribution in [2.24, 2.45) is 15.9 Å². The van der Waals surface area contributed by atoms with Crippen LogP contribution in [0.2, 0.25) is 0 Å². The molecule has 0 fully saturated rings. The van der Waals surface area contributed by atoms with Gasteiger partial charge in [0, 0.05) is 24.8 Å². The Kier molecular flexibility index (Phi) is 15.4. The molecule has 2 heteroatoms. The first-order chi connectivity index (χ1) is 7.84. The maximum absolute atomic E-state index is 4.30. The van der Waals surface area contributed by atoms with E-state index in [1.807, 2.05) is 46.2 Å². The lowest BCUT2D eigenvalue weighted by Gasteiger charge is -2.07. The van der Waals surface area contributed by atoms with Gasteiger partial charge in [-0.15, -0.1) is 0 Å². The van der Waals surface area contributed by atoms with E-state index in [-0.39, 0.29) is 0 Å². The zero-order chi connectivity index (χ0) is 12.8. The first-order valence-corrected chi connectivity index (χ1v) is 6.59. The summed E-state index contributed by atoms with van der Waals surface area (Å²) < 4.78 is 0. The van der Waals surface area contributed by atoms with Gasteiger partial charge in [0.15, 0.2) is 0 Å². The van der Waals surface area contributed by atoms with E-state index in [2.05, 4.69) is 23.8 Å². The lowest BCUT2D eigenvalue weighted by Crippen LogP contribution is -2.07. The van der Waals surface area contributed by atoms with Crippen LogP contribution in [-0.4, -0.2) is 12.1 Å². The van der Waals surface area contributed by atoms with Crippen molar-refractivity contribution in [3.05, 3.63) is 12.3 Å². The van der Waals surface area contributed by atoms with E-state index >= 15 is 0 Å². The van der Waals surface area contributed by atoms with E-state index < -0.39 is 0 Å². The van der Waals surface area contributed by atoms with Crippen LogP contribution in [0.25, 0.3) is 0 Å². The van der Waals surface area contributed by atoms with E-state index in [4.69, 9.17) is 0 Å². The standard InChI is InChI=1S/C10H16N2.2C2H6/c1-3-6-9(2)10-11-7-4-5-8-12-10;2*1-2/h4,7-9H,3,5-6H2,1-2H3;2*1-2H3. The number of hydrogen-bond donors (Lipinski definition) is 0. The van der Waals surface area contributed by atoms with E-state index in [1.54, 1.807) is 0 Å².